The molecule has 2 radical (unpaired) electrons. The van der Waals surface area contributed by atoms with E-state index in [0.29, 0.717) is 0 Å². The van der Waals surface area contributed by atoms with Gasteiger partial charge < -0.3 is 142 Å². The van der Waals surface area contributed by atoms with Gasteiger partial charge in [-0.05, 0) is 0 Å². The van der Waals surface area contributed by atoms with Gasteiger partial charge >= 0.3 is 54.0 Å². The van der Waals surface area contributed by atoms with E-state index in [-0.39, 0.29) is 54.0 Å². The Bertz CT molecular complexity index is 848. The van der Waals surface area contributed by atoms with Gasteiger partial charge in [-0.15, -0.1) is 0 Å². The van der Waals surface area contributed by atoms with Crippen LogP contribution < -0.4 is 50.0 Å². The average molecular weight is 925 g/mol. The van der Waals surface area contributed by atoms with Gasteiger partial charge in [0, 0.05) is 0 Å². The normalized spacial score (nSPS) is 19.6. The molecule has 0 aromatic rings. The fourth-order valence-electron chi connectivity index (χ4n) is 2.65. The number of carbonyl (C=O) groups excluding carboxylic acids is 4. The minimum absolute atomic E-state index is 0. The average Bonchev–Trinajstić information content (AvgIpc) is 3.12. The summed E-state index contributed by atoms with van der Waals surface area (Å²) in [5.41, 5.74) is 0. The Labute approximate surface area is 342 Å². The number of carboxylic acids is 4. The standard InChI is InChI=1S/4C6H12O7.Na.Sb/c4*7-1-2(8)3(9)4(10)5(11)6(12)13;;/h4*2-5,7-11H,1H2,(H,12,13);;/q;;;;+1;+3/p-4. The van der Waals surface area contributed by atoms with Gasteiger partial charge in [0.2, 0.25) is 0 Å². The quantitative estimate of drug-likeness (QED) is 0.0504. The van der Waals surface area contributed by atoms with E-state index in [1.165, 1.54) is 0 Å². The van der Waals surface area contributed by atoms with Crippen LogP contribution in [0.5, 0.6) is 0 Å². The summed E-state index contributed by atoms with van der Waals surface area (Å²) in [5.74, 6) is -7.90. The summed E-state index contributed by atoms with van der Waals surface area (Å²) >= 11 is 0. The molecular formula is C24H44NaO28Sb. The summed E-state index contributed by atoms with van der Waals surface area (Å²) < 4.78 is 0. The first-order valence-corrected chi connectivity index (χ1v) is 13.8. The van der Waals surface area contributed by atoms with Crippen LogP contribution in [-0.4, -0.2) is 275 Å². The second-order valence-electron chi connectivity index (χ2n) is 9.98. The number of carbonyl (C=O) groups is 4. The van der Waals surface area contributed by atoms with Crippen LogP contribution >= 0.6 is 0 Å². The summed E-state index contributed by atoms with van der Waals surface area (Å²) in [4.78, 5) is 39.9. The van der Waals surface area contributed by atoms with Gasteiger partial charge in [0.05, 0.1) is 50.3 Å². The second kappa shape index (κ2) is 34.0. The van der Waals surface area contributed by atoms with E-state index < -0.39 is 148 Å². The Kier molecular flexibility index (Phi) is 40.8. The molecule has 0 aliphatic rings. The van der Waals surface area contributed by atoms with Gasteiger partial charge in [-0.1, -0.05) is 0 Å². The van der Waals surface area contributed by atoms with Crippen LogP contribution in [0, 0.1) is 0 Å². The predicted molar refractivity (Wildman–Crippen MR) is 150 cm³/mol. The first-order valence-electron chi connectivity index (χ1n) is 13.8. The van der Waals surface area contributed by atoms with Crippen LogP contribution in [0.1, 0.15) is 0 Å². The molecule has 0 aromatic heterocycles. The Morgan fingerprint density at radius 2 is 0.426 bits per heavy atom. The molecule has 0 aliphatic heterocycles. The van der Waals surface area contributed by atoms with Crippen molar-refractivity contribution in [3.8, 4) is 0 Å². The minimum atomic E-state index is -2.31. The Morgan fingerprint density at radius 3 is 0.500 bits per heavy atom. The maximum atomic E-state index is 9.98. The zero-order valence-electron chi connectivity index (χ0n) is 27.7. The largest absolute Gasteiger partial charge is 3.00 e. The molecule has 0 fully saturated rings. The van der Waals surface area contributed by atoms with E-state index in [1.807, 2.05) is 0 Å². The van der Waals surface area contributed by atoms with Crippen LogP contribution in [0.3, 0.4) is 0 Å². The summed E-state index contributed by atoms with van der Waals surface area (Å²) in [7, 11) is 0. The van der Waals surface area contributed by atoms with E-state index in [0.717, 1.165) is 0 Å². The van der Waals surface area contributed by atoms with E-state index in [1.54, 1.807) is 0 Å². The van der Waals surface area contributed by atoms with Gasteiger partial charge in [-0.3, -0.25) is 0 Å². The predicted octanol–water partition coefficient (Wildman–Crippen LogP) is -22.7. The van der Waals surface area contributed by atoms with E-state index in [2.05, 4.69) is 0 Å². The van der Waals surface area contributed by atoms with E-state index in [4.69, 9.17) is 102 Å². The van der Waals surface area contributed by atoms with E-state index >= 15 is 0 Å². The van der Waals surface area contributed by atoms with Crippen LogP contribution in [-0.2, 0) is 19.2 Å². The molecule has 20 N–H and O–H groups in total. The summed E-state index contributed by atoms with van der Waals surface area (Å²) in [6.45, 7) is -3.45. The topological polar surface area (TPSA) is 565 Å². The van der Waals surface area contributed by atoms with Gasteiger partial charge in [0.25, 0.3) is 0 Å². The molecule has 0 aromatic carbocycles. The summed E-state index contributed by atoms with van der Waals surface area (Å²) in [5, 5.41) is 214. The van der Waals surface area contributed by atoms with Crippen molar-refractivity contribution in [3.05, 3.63) is 0 Å². The van der Waals surface area contributed by atoms with Crippen molar-refractivity contribution in [3.63, 3.8) is 0 Å². The van der Waals surface area contributed by atoms with Gasteiger partial charge in [0.1, 0.15) is 97.7 Å². The third-order valence-electron chi connectivity index (χ3n) is 5.98. The van der Waals surface area contributed by atoms with Crippen molar-refractivity contribution in [2.75, 3.05) is 26.4 Å². The minimum Gasteiger partial charge on any atom is -0.547 e. The van der Waals surface area contributed by atoms with Gasteiger partial charge in [-0.2, -0.15) is 0 Å². The van der Waals surface area contributed by atoms with Crippen LogP contribution in [0.25, 0.3) is 0 Å². The third-order valence-corrected chi connectivity index (χ3v) is 5.98. The molecule has 314 valence electrons. The molecule has 16 atom stereocenters. The number of rotatable bonds is 20. The van der Waals surface area contributed by atoms with Crippen molar-refractivity contribution in [2.24, 2.45) is 0 Å². The molecule has 0 bridgehead atoms. The molecular weight excluding hydrogens is 881 g/mol. The number of hydrogen-bond acceptors (Lipinski definition) is 28. The van der Waals surface area contributed by atoms with Crippen molar-refractivity contribution in [1.29, 1.82) is 0 Å². The van der Waals surface area contributed by atoms with Crippen molar-refractivity contribution < 1.29 is 171 Å². The van der Waals surface area contributed by atoms with Gasteiger partial charge in [0.15, 0.2) is 0 Å². The van der Waals surface area contributed by atoms with Crippen molar-refractivity contribution in [1.82, 2.24) is 0 Å². The molecule has 0 spiro atoms. The molecule has 0 amide bonds. The molecule has 0 saturated heterocycles. The molecule has 54 heavy (non-hydrogen) atoms. The summed E-state index contributed by atoms with van der Waals surface area (Å²) in [6.07, 6.45) is -32.3. The molecule has 28 nitrogen and oxygen atoms in total. The number of aliphatic hydroxyl groups is 20. The first-order chi connectivity index (χ1) is 23.7. The maximum absolute atomic E-state index is 9.98. The van der Waals surface area contributed by atoms with Gasteiger partial charge in [-0.25, -0.2) is 0 Å². The molecule has 30 heteroatoms. The monoisotopic (exact) mass is 924 g/mol. The Hall–Kier alpha value is -1.10. The fourth-order valence-corrected chi connectivity index (χ4v) is 2.65. The van der Waals surface area contributed by atoms with Crippen molar-refractivity contribution >= 4 is 48.3 Å². The molecule has 0 aliphatic carbocycles. The fraction of sp³-hybridized carbons (Fsp3) is 0.833. The zero-order valence-corrected chi connectivity index (χ0v) is 32.3. The van der Waals surface area contributed by atoms with Crippen molar-refractivity contribution in [2.45, 2.75) is 97.7 Å². The number of carboxylic acid groups (broad SMARTS) is 4. The maximum Gasteiger partial charge on any atom is 3.00 e. The third kappa shape index (κ3) is 25.2. The number of aliphatic hydroxyl groups excluding tert-OH is 20. The Morgan fingerprint density at radius 1 is 0.315 bits per heavy atom. The first kappa shape index (κ1) is 64.8. The Balaban J connectivity index is -0.000000140. The molecule has 0 heterocycles. The van der Waals surface area contributed by atoms with E-state index in [9.17, 15) is 39.6 Å². The molecule has 0 rings (SSSR count). The van der Waals surface area contributed by atoms with Crippen LogP contribution in [0.15, 0.2) is 0 Å². The molecule has 16 unspecified atom stereocenters. The second-order valence-corrected chi connectivity index (χ2v) is 9.98. The van der Waals surface area contributed by atoms with Crippen LogP contribution in [0.4, 0.5) is 0 Å². The number of hydrogen-bond donors (Lipinski definition) is 20. The molecule has 0 saturated carbocycles. The van der Waals surface area contributed by atoms with Crippen LogP contribution in [0.2, 0.25) is 0 Å². The zero-order chi connectivity index (χ0) is 42.4. The number of aliphatic carboxylic acids is 4. The summed E-state index contributed by atoms with van der Waals surface area (Å²) in [6, 6.07) is 0. The SMILES string of the molecule is O=C([O-])C(O)C(O)C(O)C(O)CO.O=C([O-])C(O)C(O)C(O)C(O)CO.O=C([O-])C(O)C(O)C(O)C(O)CO.O=C([O-])C(O)C(O)C(O)C(O)CO.[Na+].[Sb+3]. The smallest absolute Gasteiger partial charge is 0.547 e.